The molecule has 0 fully saturated rings. The Labute approximate surface area is 158 Å². The molecule has 2 aromatic carbocycles. The van der Waals surface area contributed by atoms with Gasteiger partial charge in [-0.15, -0.1) is 0 Å². The number of hydrogen-bond donors (Lipinski definition) is 3. The molecule has 0 amide bonds. The number of nitrogens with two attached hydrogens (primary N) is 2. The zero-order chi connectivity index (χ0) is 19.0. The highest BCUT2D eigenvalue weighted by Crippen LogP contribution is 2.34. The van der Waals surface area contributed by atoms with Crippen LogP contribution in [0.25, 0.3) is 5.70 Å². The number of rotatable bonds is 4. The molecule has 6 heteroatoms. The van der Waals surface area contributed by atoms with Gasteiger partial charge in [-0.2, -0.15) is 0 Å². The maximum Gasteiger partial charge on any atom is 0.231 e. The number of aliphatic imine (C=N–C) groups is 1. The average molecular weight is 364 g/mol. The van der Waals surface area contributed by atoms with E-state index in [4.69, 9.17) is 20.9 Å². The number of fused-ring (bicyclic) bond motifs is 1. The summed E-state index contributed by atoms with van der Waals surface area (Å²) >= 11 is 0. The van der Waals surface area contributed by atoms with Crippen molar-refractivity contribution in [2.45, 2.75) is 31.8 Å². The molecule has 0 saturated heterocycles. The highest BCUT2D eigenvalue weighted by molar-refractivity contribution is 5.88. The van der Waals surface area contributed by atoms with Crippen LogP contribution in [0.5, 0.6) is 11.5 Å². The summed E-state index contributed by atoms with van der Waals surface area (Å²) in [5.74, 6) is 2.24. The molecule has 2 aromatic rings. The minimum Gasteiger partial charge on any atom is -0.454 e. The van der Waals surface area contributed by atoms with Crippen molar-refractivity contribution in [1.82, 2.24) is 5.32 Å². The number of hydrogen-bond acceptors (Lipinski definition) is 6. The van der Waals surface area contributed by atoms with E-state index in [-0.39, 0.29) is 6.79 Å². The third kappa shape index (κ3) is 3.61. The van der Waals surface area contributed by atoms with E-state index >= 15 is 0 Å². The molecule has 0 bridgehead atoms. The van der Waals surface area contributed by atoms with E-state index in [0.29, 0.717) is 18.3 Å². The number of nitrogens with zero attached hydrogens (tertiary/aromatic N) is 1. The molecule has 5 N–H and O–H groups in total. The second kappa shape index (κ2) is 6.63. The van der Waals surface area contributed by atoms with E-state index in [1.165, 1.54) is 5.56 Å². The van der Waals surface area contributed by atoms with Gasteiger partial charge in [0.2, 0.25) is 6.79 Å². The van der Waals surface area contributed by atoms with Crippen LogP contribution in [0.1, 0.15) is 36.5 Å². The van der Waals surface area contributed by atoms with E-state index < -0.39 is 5.66 Å². The number of nitrogens with one attached hydrogen (secondary N) is 1. The van der Waals surface area contributed by atoms with Crippen LogP contribution in [0.2, 0.25) is 0 Å². The highest BCUT2D eigenvalue weighted by Gasteiger charge is 2.29. The van der Waals surface area contributed by atoms with E-state index in [1.54, 1.807) is 0 Å². The molecule has 0 radical (unpaired) electrons. The van der Waals surface area contributed by atoms with Gasteiger partial charge in [0.15, 0.2) is 17.5 Å². The van der Waals surface area contributed by atoms with Crippen molar-refractivity contribution in [2.75, 3.05) is 6.79 Å². The van der Waals surface area contributed by atoms with Gasteiger partial charge in [0.25, 0.3) is 0 Å². The van der Waals surface area contributed by atoms with Crippen molar-refractivity contribution in [3.8, 4) is 11.5 Å². The molecule has 0 saturated carbocycles. The van der Waals surface area contributed by atoms with Gasteiger partial charge in [0.1, 0.15) is 5.66 Å². The first-order valence-electron chi connectivity index (χ1n) is 9.05. The lowest BCUT2D eigenvalue weighted by atomic mass is 9.94. The molecule has 0 spiro atoms. The fourth-order valence-corrected chi connectivity index (χ4v) is 3.40. The molecular formula is C21H24N4O2. The van der Waals surface area contributed by atoms with Crippen LogP contribution in [0.4, 0.5) is 0 Å². The SMILES string of the molecule is CC(C)c1cccc(C2=CC(N)(Cc3ccc4c(c3)OCO4)NC(N)=N2)c1. The Bertz CT molecular complexity index is 936. The number of benzene rings is 2. The summed E-state index contributed by atoms with van der Waals surface area (Å²) in [6, 6.07) is 14.2. The van der Waals surface area contributed by atoms with Gasteiger partial charge < -0.3 is 26.3 Å². The summed E-state index contributed by atoms with van der Waals surface area (Å²) in [7, 11) is 0. The van der Waals surface area contributed by atoms with Crippen molar-refractivity contribution in [1.29, 1.82) is 0 Å². The van der Waals surface area contributed by atoms with Crippen LogP contribution in [0.15, 0.2) is 53.5 Å². The molecule has 6 nitrogen and oxygen atoms in total. The standard InChI is InChI=1S/C21H24N4O2/c1-13(2)15-4-3-5-16(9-15)17-11-21(23,25-20(22)24-17)10-14-6-7-18-19(8-14)27-12-26-18/h3-9,11,13H,10,12,23H2,1-2H3,(H3,22,24,25). The quantitative estimate of drug-likeness (QED) is 0.775. The van der Waals surface area contributed by atoms with Crippen molar-refractivity contribution in [2.24, 2.45) is 16.5 Å². The maximum atomic E-state index is 6.63. The van der Waals surface area contributed by atoms with Gasteiger partial charge >= 0.3 is 0 Å². The second-order valence-electron chi connectivity index (χ2n) is 7.34. The summed E-state index contributed by atoms with van der Waals surface area (Å²) < 4.78 is 10.8. The topological polar surface area (TPSA) is 94.9 Å². The summed E-state index contributed by atoms with van der Waals surface area (Å²) in [6.07, 6.45) is 2.47. The lowest BCUT2D eigenvalue weighted by molar-refractivity contribution is 0.174. The third-order valence-electron chi connectivity index (χ3n) is 4.78. The first kappa shape index (κ1) is 17.4. The smallest absolute Gasteiger partial charge is 0.231 e. The van der Waals surface area contributed by atoms with Gasteiger partial charge in [0, 0.05) is 12.0 Å². The van der Waals surface area contributed by atoms with E-state index in [1.807, 2.05) is 36.4 Å². The fourth-order valence-electron chi connectivity index (χ4n) is 3.40. The molecule has 27 heavy (non-hydrogen) atoms. The summed E-state index contributed by atoms with van der Waals surface area (Å²) in [5.41, 5.74) is 15.9. The van der Waals surface area contributed by atoms with Crippen LogP contribution in [-0.4, -0.2) is 18.4 Å². The first-order valence-corrected chi connectivity index (χ1v) is 9.05. The molecule has 1 unspecified atom stereocenters. The summed E-state index contributed by atoms with van der Waals surface area (Å²) in [6.45, 7) is 4.58. The van der Waals surface area contributed by atoms with E-state index in [2.05, 4.69) is 36.3 Å². The normalized spacial score (nSPS) is 20.9. The molecule has 2 aliphatic heterocycles. The number of guanidine groups is 1. The Morgan fingerprint density at radius 3 is 2.78 bits per heavy atom. The van der Waals surface area contributed by atoms with Gasteiger partial charge in [-0.3, -0.25) is 0 Å². The zero-order valence-electron chi connectivity index (χ0n) is 15.5. The van der Waals surface area contributed by atoms with Crippen LogP contribution in [0.3, 0.4) is 0 Å². The Kier molecular flexibility index (Phi) is 4.28. The lowest BCUT2D eigenvalue weighted by Crippen LogP contribution is -2.59. The van der Waals surface area contributed by atoms with Crippen molar-refractivity contribution in [3.63, 3.8) is 0 Å². The predicted octanol–water partition coefficient (Wildman–Crippen LogP) is 2.70. The van der Waals surface area contributed by atoms with Crippen LogP contribution < -0.4 is 26.3 Å². The molecular weight excluding hydrogens is 340 g/mol. The van der Waals surface area contributed by atoms with E-state index in [0.717, 1.165) is 28.3 Å². The van der Waals surface area contributed by atoms with Gasteiger partial charge in [0.05, 0.1) is 5.70 Å². The third-order valence-corrected chi connectivity index (χ3v) is 4.78. The second-order valence-corrected chi connectivity index (χ2v) is 7.34. The predicted molar refractivity (Wildman–Crippen MR) is 106 cm³/mol. The summed E-state index contributed by atoms with van der Waals surface area (Å²) in [4.78, 5) is 4.47. The van der Waals surface area contributed by atoms with Crippen LogP contribution >= 0.6 is 0 Å². The minimum absolute atomic E-state index is 0.251. The average Bonchev–Trinajstić information content (AvgIpc) is 3.08. The van der Waals surface area contributed by atoms with Gasteiger partial charge in [-0.05, 0) is 41.3 Å². The van der Waals surface area contributed by atoms with Crippen LogP contribution in [0, 0.1) is 0 Å². The fraction of sp³-hybridized carbons (Fsp3) is 0.286. The maximum absolute atomic E-state index is 6.63. The molecule has 140 valence electrons. The summed E-state index contributed by atoms with van der Waals surface area (Å²) in [5, 5.41) is 3.10. The lowest BCUT2D eigenvalue weighted by Gasteiger charge is -2.32. The Hall–Kier alpha value is -2.99. The van der Waals surface area contributed by atoms with E-state index in [9.17, 15) is 0 Å². The van der Waals surface area contributed by atoms with Crippen molar-refractivity contribution >= 4 is 11.7 Å². The monoisotopic (exact) mass is 364 g/mol. The Morgan fingerprint density at radius 1 is 1.15 bits per heavy atom. The Balaban J connectivity index is 1.64. The van der Waals surface area contributed by atoms with Crippen LogP contribution in [-0.2, 0) is 6.42 Å². The zero-order valence-corrected chi connectivity index (χ0v) is 15.5. The van der Waals surface area contributed by atoms with Crippen molar-refractivity contribution in [3.05, 3.63) is 65.2 Å². The molecule has 2 aliphatic rings. The largest absolute Gasteiger partial charge is 0.454 e. The minimum atomic E-state index is -0.845. The number of ether oxygens (including phenoxy) is 2. The molecule has 2 heterocycles. The first-order chi connectivity index (χ1) is 12.9. The van der Waals surface area contributed by atoms with Gasteiger partial charge in [-0.25, -0.2) is 4.99 Å². The van der Waals surface area contributed by atoms with Crippen molar-refractivity contribution < 1.29 is 9.47 Å². The molecule has 0 aromatic heterocycles. The van der Waals surface area contributed by atoms with Gasteiger partial charge in [-0.1, -0.05) is 38.1 Å². The Morgan fingerprint density at radius 2 is 1.96 bits per heavy atom. The molecule has 4 rings (SSSR count). The molecule has 0 aliphatic carbocycles. The highest BCUT2D eigenvalue weighted by atomic mass is 16.7. The molecule has 1 atom stereocenters.